The normalized spacial score (nSPS) is 13.0. The minimum absolute atomic E-state index is 0.0671. The van der Waals surface area contributed by atoms with E-state index in [9.17, 15) is 18.0 Å². The first-order valence-electron chi connectivity index (χ1n) is 11.9. The SMILES string of the molecule is CCC(C)NC(=O)C(CC)N(Cc1cccc(OC)c1)C(=O)CN(c1ccc(C)c(Cl)c1)S(C)(=O)=O. The second kappa shape index (κ2) is 13.0. The number of halogens is 1. The lowest BCUT2D eigenvalue weighted by atomic mass is 10.1. The topological polar surface area (TPSA) is 96.0 Å². The van der Waals surface area contributed by atoms with Gasteiger partial charge in [0, 0.05) is 17.6 Å². The van der Waals surface area contributed by atoms with Gasteiger partial charge in [0.1, 0.15) is 18.3 Å². The van der Waals surface area contributed by atoms with E-state index in [1.165, 1.54) is 11.0 Å². The first-order valence-corrected chi connectivity index (χ1v) is 14.1. The zero-order valence-corrected chi connectivity index (χ0v) is 23.3. The maximum Gasteiger partial charge on any atom is 0.244 e. The largest absolute Gasteiger partial charge is 0.497 e. The summed E-state index contributed by atoms with van der Waals surface area (Å²) in [6, 6.07) is 11.2. The highest BCUT2D eigenvalue weighted by atomic mass is 35.5. The van der Waals surface area contributed by atoms with Gasteiger partial charge in [0.2, 0.25) is 21.8 Å². The van der Waals surface area contributed by atoms with Gasteiger partial charge in [-0.1, -0.05) is 43.6 Å². The van der Waals surface area contributed by atoms with E-state index in [4.69, 9.17) is 16.3 Å². The minimum atomic E-state index is -3.83. The molecule has 198 valence electrons. The van der Waals surface area contributed by atoms with E-state index in [0.29, 0.717) is 17.2 Å². The molecule has 2 amide bonds. The summed E-state index contributed by atoms with van der Waals surface area (Å²) in [6.45, 7) is 7.11. The van der Waals surface area contributed by atoms with Crippen LogP contribution in [0.1, 0.15) is 44.7 Å². The van der Waals surface area contributed by atoms with Crippen LogP contribution in [0.3, 0.4) is 0 Å². The first-order chi connectivity index (χ1) is 16.9. The van der Waals surface area contributed by atoms with Crippen LogP contribution in [0.4, 0.5) is 5.69 Å². The van der Waals surface area contributed by atoms with Gasteiger partial charge in [0.15, 0.2) is 0 Å². The highest BCUT2D eigenvalue weighted by Gasteiger charge is 2.32. The van der Waals surface area contributed by atoms with Gasteiger partial charge in [0.05, 0.1) is 19.1 Å². The molecule has 36 heavy (non-hydrogen) atoms. The molecule has 0 aliphatic rings. The van der Waals surface area contributed by atoms with Crippen LogP contribution in [0.15, 0.2) is 42.5 Å². The summed E-state index contributed by atoms with van der Waals surface area (Å²) in [5.74, 6) is -0.178. The number of benzene rings is 2. The molecule has 0 heterocycles. The summed E-state index contributed by atoms with van der Waals surface area (Å²) in [6.07, 6.45) is 2.13. The van der Waals surface area contributed by atoms with Crippen molar-refractivity contribution in [2.75, 3.05) is 24.2 Å². The second-order valence-electron chi connectivity index (χ2n) is 8.82. The van der Waals surface area contributed by atoms with Crippen molar-refractivity contribution in [3.63, 3.8) is 0 Å². The van der Waals surface area contributed by atoms with E-state index in [-0.39, 0.29) is 24.2 Å². The molecule has 0 aromatic heterocycles. The summed E-state index contributed by atoms with van der Waals surface area (Å²) in [5.41, 5.74) is 1.81. The number of rotatable bonds is 12. The number of amides is 2. The number of nitrogens with one attached hydrogen (secondary N) is 1. The minimum Gasteiger partial charge on any atom is -0.497 e. The van der Waals surface area contributed by atoms with Crippen LogP contribution in [0.2, 0.25) is 5.02 Å². The molecular weight excluding hydrogens is 502 g/mol. The van der Waals surface area contributed by atoms with Crippen LogP contribution < -0.4 is 14.4 Å². The molecule has 0 fully saturated rings. The smallest absolute Gasteiger partial charge is 0.244 e. The predicted molar refractivity (Wildman–Crippen MR) is 144 cm³/mol. The van der Waals surface area contributed by atoms with E-state index < -0.39 is 28.5 Å². The average Bonchev–Trinajstić information content (AvgIpc) is 2.83. The van der Waals surface area contributed by atoms with Crippen molar-refractivity contribution in [2.24, 2.45) is 0 Å². The van der Waals surface area contributed by atoms with Crippen LogP contribution in [0.25, 0.3) is 0 Å². The molecule has 2 aromatic rings. The lowest BCUT2D eigenvalue weighted by Crippen LogP contribution is -2.53. The molecule has 2 atom stereocenters. The highest BCUT2D eigenvalue weighted by molar-refractivity contribution is 7.92. The number of hydrogen-bond donors (Lipinski definition) is 1. The van der Waals surface area contributed by atoms with Crippen LogP contribution in [-0.4, -0.2) is 57.1 Å². The Labute approximate surface area is 219 Å². The first kappa shape index (κ1) is 29.5. The van der Waals surface area contributed by atoms with Crippen molar-refractivity contribution in [1.82, 2.24) is 10.2 Å². The van der Waals surface area contributed by atoms with Gasteiger partial charge in [-0.25, -0.2) is 8.42 Å². The fourth-order valence-corrected chi connectivity index (χ4v) is 4.69. The number of aryl methyl sites for hydroxylation is 1. The number of ether oxygens (including phenoxy) is 1. The van der Waals surface area contributed by atoms with Gasteiger partial charge in [0.25, 0.3) is 0 Å². The van der Waals surface area contributed by atoms with E-state index in [2.05, 4.69) is 5.32 Å². The maximum atomic E-state index is 13.7. The predicted octanol–water partition coefficient (Wildman–Crippen LogP) is 4.15. The summed E-state index contributed by atoms with van der Waals surface area (Å²) >= 11 is 6.24. The summed E-state index contributed by atoms with van der Waals surface area (Å²) < 4.78 is 31.7. The number of hydrogen-bond acceptors (Lipinski definition) is 5. The molecule has 0 bridgehead atoms. The molecular formula is C26H36ClN3O5S. The molecule has 1 N–H and O–H groups in total. The molecule has 0 saturated carbocycles. The molecule has 0 aliphatic carbocycles. The number of methoxy groups -OCH3 is 1. The van der Waals surface area contributed by atoms with E-state index in [1.807, 2.05) is 26.8 Å². The Morgan fingerprint density at radius 1 is 1.11 bits per heavy atom. The Morgan fingerprint density at radius 3 is 2.36 bits per heavy atom. The third-order valence-corrected chi connectivity index (χ3v) is 7.54. The molecule has 0 saturated heterocycles. The molecule has 2 rings (SSSR count). The van der Waals surface area contributed by atoms with Gasteiger partial charge in [-0.05, 0) is 62.1 Å². The highest BCUT2D eigenvalue weighted by Crippen LogP contribution is 2.26. The van der Waals surface area contributed by atoms with Crippen molar-refractivity contribution < 1.29 is 22.7 Å². The maximum absolute atomic E-state index is 13.7. The zero-order valence-electron chi connectivity index (χ0n) is 21.7. The van der Waals surface area contributed by atoms with Crippen molar-refractivity contribution in [3.8, 4) is 5.75 Å². The molecule has 0 aliphatic heterocycles. The summed E-state index contributed by atoms with van der Waals surface area (Å²) in [4.78, 5) is 28.3. The fourth-order valence-electron chi connectivity index (χ4n) is 3.68. The Morgan fingerprint density at radius 2 is 1.81 bits per heavy atom. The van der Waals surface area contributed by atoms with Crippen molar-refractivity contribution in [1.29, 1.82) is 0 Å². The van der Waals surface area contributed by atoms with Crippen LogP contribution in [0, 0.1) is 6.92 Å². The quantitative estimate of drug-likeness (QED) is 0.439. The number of nitrogens with zero attached hydrogens (tertiary/aromatic N) is 2. The van der Waals surface area contributed by atoms with Crippen LogP contribution >= 0.6 is 11.6 Å². The number of sulfonamides is 1. The fraction of sp³-hybridized carbons (Fsp3) is 0.462. The Balaban J connectivity index is 2.47. The zero-order chi connectivity index (χ0) is 27.0. The Hall–Kier alpha value is -2.78. The van der Waals surface area contributed by atoms with Gasteiger partial charge >= 0.3 is 0 Å². The van der Waals surface area contributed by atoms with Crippen LogP contribution in [0.5, 0.6) is 5.75 Å². The Bertz CT molecular complexity index is 1170. The third-order valence-electron chi connectivity index (χ3n) is 6.00. The van der Waals surface area contributed by atoms with Crippen molar-refractivity contribution >= 4 is 39.1 Å². The molecule has 2 aromatic carbocycles. The number of carbonyl (C=O) groups excluding carboxylic acids is 2. The summed E-state index contributed by atoms with van der Waals surface area (Å²) in [5, 5.41) is 3.34. The lowest BCUT2D eigenvalue weighted by Gasteiger charge is -2.33. The van der Waals surface area contributed by atoms with Crippen LogP contribution in [-0.2, 0) is 26.2 Å². The van der Waals surface area contributed by atoms with Crippen molar-refractivity contribution in [3.05, 3.63) is 58.6 Å². The van der Waals surface area contributed by atoms with Gasteiger partial charge < -0.3 is 15.0 Å². The standard InChI is InChI=1S/C26H36ClN3O5S/c1-7-19(4)28-26(32)24(8-2)29(16-20-10-9-11-22(14-20)35-5)25(31)17-30(36(6,33)34)21-13-12-18(3)23(27)15-21/h9-15,19,24H,7-8,16-17H2,1-6H3,(H,28,32). The van der Waals surface area contributed by atoms with E-state index in [1.54, 1.807) is 44.4 Å². The molecule has 10 heteroatoms. The third kappa shape index (κ3) is 7.86. The van der Waals surface area contributed by atoms with Gasteiger partial charge in [-0.15, -0.1) is 0 Å². The molecule has 8 nitrogen and oxygen atoms in total. The monoisotopic (exact) mass is 537 g/mol. The Kier molecular flexibility index (Phi) is 10.6. The molecule has 0 radical (unpaired) electrons. The van der Waals surface area contributed by atoms with Gasteiger partial charge in [-0.3, -0.25) is 13.9 Å². The summed E-state index contributed by atoms with van der Waals surface area (Å²) in [7, 11) is -2.28. The second-order valence-corrected chi connectivity index (χ2v) is 11.1. The van der Waals surface area contributed by atoms with Gasteiger partial charge in [-0.2, -0.15) is 0 Å². The van der Waals surface area contributed by atoms with E-state index in [0.717, 1.165) is 28.1 Å². The number of carbonyl (C=O) groups is 2. The van der Waals surface area contributed by atoms with E-state index >= 15 is 0 Å². The lowest BCUT2D eigenvalue weighted by molar-refractivity contribution is -0.140. The van der Waals surface area contributed by atoms with Crippen molar-refractivity contribution in [2.45, 2.75) is 59.2 Å². The molecule has 2 unspecified atom stereocenters. The average molecular weight is 538 g/mol. The molecule has 0 spiro atoms. The number of anilines is 1.